The maximum absolute atomic E-state index is 11.5. The van der Waals surface area contributed by atoms with Crippen molar-refractivity contribution in [2.45, 2.75) is 0 Å². The van der Waals surface area contributed by atoms with E-state index in [1.807, 2.05) is 31.1 Å². The van der Waals surface area contributed by atoms with Crippen LogP contribution in [0.5, 0.6) is 0 Å². The summed E-state index contributed by atoms with van der Waals surface area (Å²) >= 11 is 0. The first-order valence-electron chi connectivity index (χ1n) is 6.19. The van der Waals surface area contributed by atoms with E-state index in [0.717, 1.165) is 5.69 Å². The van der Waals surface area contributed by atoms with Crippen molar-refractivity contribution in [2.24, 2.45) is 0 Å². The Hall–Kier alpha value is -2.77. The summed E-state index contributed by atoms with van der Waals surface area (Å²) in [6, 6.07) is 6.61. The molecule has 1 rings (SSSR count). The van der Waals surface area contributed by atoms with Gasteiger partial charge in [-0.2, -0.15) is 0 Å². The van der Waals surface area contributed by atoms with Gasteiger partial charge in [0.05, 0.1) is 6.54 Å². The molecule has 0 radical (unpaired) electrons. The van der Waals surface area contributed by atoms with Crippen LogP contribution >= 0.6 is 0 Å². The number of amides is 3. The number of aliphatic carboxylic acids is 1. The Balaban J connectivity index is 2.36. The zero-order valence-corrected chi connectivity index (χ0v) is 11.8. The van der Waals surface area contributed by atoms with E-state index in [0.29, 0.717) is 5.69 Å². The molecule has 0 heterocycles. The molecular formula is C13H18N4O4. The molecule has 8 nitrogen and oxygen atoms in total. The van der Waals surface area contributed by atoms with Gasteiger partial charge in [0.1, 0.15) is 6.54 Å². The molecule has 3 amide bonds. The standard InChI is InChI=1S/C13H18N4O4/c1-17(2)10-5-3-9(4-6-10)16-13(21)15-7-11(18)14-8-12(19)20/h3-6H,7-8H2,1-2H3,(H,14,18)(H,19,20)(H2,15,16,21). The van der Waals surface area contributed by atoms with Crippen LogP contribution in [0.15, 0.2) is 24.3 Å². The Morgan fingerprint density at radius 2 is 1.67 bits per heavy atom. The summed E-state index contributed by atoms with van der Waals surface area (Å²) in [6.07, 6.45) is 0. The number of carbonyl (C=O) groups is 3. The van der Waals surface area contributed by atoms with Crippen molar-refractivity contribution in [3.63, 3.8) is 0 Å². The molecule has 0 saturated carbocycles. The predicted molar refractivity (Wildman–Crippen MR) is 78.4 cm³/mol. The maximum atomic E-state index is 11.5. The number of nitrogens with zero attached hydrogens (tertiary/aromatic N) is 1. The first kappa shape index (κ1) is 16.3. The van der Waals surface area contributed by atoms with E-state index in [-0.39, 0.29) is 6.54 Å². The van der Waals surface area contributed by atoms with Gasteiger partial charge in [0, 0.05) is 25.5 Å². The summed E-state index contributed by atoms with van der Waals surface area (Å²) in [4.78, 5) is 34.9. The Morgan fingerprint density at radius 3 is 2.19 bits per heavy atom. The van der Waals surface area contributed by atoms with E-state index < -0.39 is 24.5 Å². The molecule has 0 aliphatic rings. The highest BCUT2D eigenvalue weighted by atomic mass is 16.4. The van der Waals surface area contributed by atoms with Gasteiger partial charge in [-0.15, -0.1) is 0 Å². The van der Waals surface area contributed by atoms with Crippen LogP contribution in [0.2, 0.25) is 0 Å². The lowest BCUT2D eigenvalue weighted by Crippen LogP contribution is -2.40. The van der Waals surface area contributed by atoms with Gasteiger partial charge in [-0.3, -0.25) is 9.59 Å². The average molecular weight is 294 g/mol. The number of carbonyl (C=O) groups excluding carboxylic acids is 2. The number of nitrogens with one attached hydrogen (secondary N) is 3. The maximum Gasteiger partial charge on any atom is 0.322 e. The molecule has 0 spiro atoms. The second-order valence-electron chi connectivity index (χ2n) is 4.42. The van der Waals surface area contributed by atoms with Crippen LogP contribution in [0.4, 0.5) is 16.2 Å². The van der Waals surface area contributed by atoms with E-state index in [1.54, 1.807) is 12.1 Å². The number of anilines is 2. The van der Waals surface area contributed by atoms with E-state index in [1.165, 1.54) is 0 Å². The number of urea groups is 1. The van der Waals surface area contributed by atoms with E-state index in [2.05, 4.69) is 16.0 Å². The summed E-state index contributed by atoms with van der Waals surface area (Å²) < 4.78 is 0. The Bertz CT molecular complexity index is 513. The molecule has 0 bridgehead atoms. The lowest BCUT2D eigenvalue weighted by atomic mass is 10.2. The van der Waals surface area contributed by atoms with Crippen LogP contribution in [0, 0.1) is 0 Å². The molecule has 114 valence electrons. The first-order chi connectivity index (χ1) is 9.88. The van der Waals surface area contributed by atoms with Crippen LogP contribution in [0.1, 0.15) is 0 Å². The zero-order chi connectivity index (χ0) is 15.8. The molecule has 0 aliphatic heterocycles. The minimum absolute atomic E-state index is 0.297. The van der Waals surface area contributed by atoms with Crippen molar-refractivity contribution in [1.29, 1.82) is 0 Å². The van der Waals surface area contributed by atoms with Crippen molar-refractivity contribution in [3.8, 4) is 0 Å². The SMILES string of the molecule is CN(C)c1ccc(NC(=O)NCC(=O)NCC(=O)O)cc1. The fourth-order valence-electron chi connectivity index (χ4n) is 1.42. The molecule has 21 heavy (non-hydrogen) atoms. The van der Waals surface area contributed by atoms with Gasteiger partial charge in [-0.1, -0.05) is 0 Å². The number of hydrogen-bond donors (Lipinski definition) is 4. The van der Waals surface area contributed by atoms with Crippen molar-refractivity contribution in [1.82, 2.24) is 10.6 Å². The topological polar surface area (TPSA) is 111 Å². The zero-order valence-electron chi connectivity index (χ0n) is 11.8. The number of carboxylic acids is 1. The average Bonchev–Trinajstić information content (AvgIpc) is 2.43. The van der Waals surface area contributed by atoms with Gasteiger partial charge in [0.15, 0.2) is 0 Å². The highest BCUT2D eigenvalue weighted by molar-refractivity contribution is 5.92. The Labute approximate surface area is 122 Å². The fraction of sp³-hybridized carbons (Fsp3) is 0.308. The van der Waals surface area contributed by atoms with Gasteiger partial charge < -0.3 is 26.0 Å². The highest BCUT2D eigenvalue weighted by Gasteiger charge is 2.07. The number of rotatable bonds is 6. The van der Waals surface area contributed by atoms with Crippen molar-refractivity contribution < 1.29 is 19.5 Å². The Kier molecular flexibility index (Phi) is 5.99. The van der Waals surface area contributed by atoms with Crippen LogP contribution < -0.4 is 20.9 Å². The smallest absolute Gasteiger partial charge is 0.322 e. The molecule has 0 unspecified atom stereocenters. The molecule has 0 fully saturated rings. The molecule has 0 aromatic heterocycles. The van der Waals surface area contributed by atoms with Crippen molar-refractivity contribution in [3.05, 3.63) is 24.3 Å². The van der Waals surface area contributed by atoms with Gasteiger partial charge >= 0.3 is 12.0 Å². The third kappa shape index (κ3) is 6.28. The fourth-order valence-corrected chi connectivity index (χ4v) is 1.42. The van der Waals surface area contributed by atoms with Crippen molar-refractivity contribution >= 4 is 29.3 Å². The highest BCUT2D eigenvalue weighted by Crippen LogP contribution is 2.15. The van der Waals surface area contributed by atoms with Gasteiger partial charge in [-0.25, -0.2) is 4.79 Å². The van der Waals surface area contributed by atoms with Crippen LogP contribution in [-0.2, 0) is 9.59 Å². The predicted octanol–water partition coefficient (Wildman–Crippen LogP) is 0.0749. The summed E-state index contributed by atoms with van der Waals surface area (Å²) in [6.45, 7) is -0.775. The lowest BCUT2D eigenvalue weighted by molar-refractivity contribution is -0.137. The summed E-state index contributed by atoms with van der Waals surface area (Å²) in [5.41, 5.74) is 1.58. The number of benzene rings is 1. The van der Waals surface area contributed by atoms with Crippen molar-refractivity contribution in [2.75, 3.05) is 37.4 Å². The Morgan fingerprint density at radius 1 is 1.05 bits per heavy atom. The van der Waals surface area contributed by atoms with E-state index in [4.69, 9.17) is 5.11 Å². The summed E-state index contributed by atoms with van der Waals surface area (Å²) in [5.74, 6) is -1.72. The quantitative estimate of drug-likeness (QED) is 0.593. The monoisotopic (exact) mass is 294 g/mol. The van der Waals surface area contributed by atoms with E-state index in [9.17, 15) is 14.4 Å². The minimum atomic E-state index is -1.14. The minimum Gasteiger partial charge on any atom is -0.480 e. The van der Waals surface area contributed by atoms with Crippen LogP contribution in [0.3, 0.4) is 0 Å². The molecule has 1 aromatic carbocycles. The number of hydrogen-bond acceptors (Lipinski definition) is 4. The lowest BCUT2D eigenvalue weighted by Gasteiger charge is -2.13. The van der Waals surface area contributed by atoms with Gasteiger partial charge in [0.25, 0.3) is 0 Å². The molecule has 0 saturated heterocycles. The van der Waals surface area contributed by atoms with Crippen LogP contribution in [-0.4, -0.2) is 50.2 Å². The van der Waals surface area contributed by atoms with Gasteiger partial charge in [0.2, 0.25) is 5.91 Å². The molecule has 8 heteroatoms. The largest absolute Gasteiger partial charge is 0.480 e. The van der Waals surface area contributed by atoms with Gasteiger partial charge in [-0.05, 0) is 24.3 Å². The first-order valence-corrected chi connectivity index (χ1v) is 6.19. The molecule has 0 aliphatic carbocycles. The summed E-state index contributed by atoms with van der Waals surface area (Å²) in [5, 5.41) is 15.4. The normalized spacial score (nSPS) is 9.62. The molecule has 4 N–H and O–H groups in total. The third-order valence-corrected chi connectivity index (χ3v) is 2.49. The van der Waals surface area contributed by atoms with E-state index >= 15 is 0 Å². The molecular weight excluding hydrogens is 276 g/mol. The molecule has 0 atom stereocenters. The third-order valence-electron chi connectivity index (χ3n) is 2.49. The number of carboxylic acid groups (broad SMARTS) is 1. The second kappa shape index (κ2) is 7.73. The summed E-state index contributed by atoms with van der Waals surface area (Å²) in [7, 11) is 3.82. The molecule has 1 aromatic rings. The van der Waals surface area contributed by atoms with Crippen LogP contribution in [0.25, 0.3) is 0 Å². The second-order valence-corrected chi connectivity index (χ2v) is 4.42.